The van der Waals surface area contributed by atoms with Crippen molar-refractivity contribution in [1.29, 1.82) is 10.5 Å². The molecule has 346 valence electrons. The van der Waals surface area contributed by atoms with E-state index in [4.69, 9.17) is 24.7 Å². The van der Waals surface area contributed by atoms with Crippen LogP contribution in [-0.2, 0) is 41.9 Å². The summed E-state index contributed by atoms with van der Waals surface area (Å²) in [5, 5.41) is 43.1. The fourth-order valence-corrected chi connectivity index (χ4v) is 8.16. The van der Waals surface area contributed by atoms with E-state index in [9.17, 15) is 28.2 Å². The lowest BCUT2D eigenvalue weighted by Crippen LogP contribution is -2.43. The minimum atomic E-state index is -3.92. The van der Waals surface area contributed by atoms with Crippen LogP contribution >= 0.6 is 0 Å². The Kier molecular flexibility index (Phi) is 21.9. The normalized spacial score (nSPS) is 13.8. The number of sulfonamides is 1. The van der Waals surface area contributed by atoms with Crippen molar-refractivity contribution in [2.24, 2.45) is 23.7 Å². The van der Waals surface area contributed by atoms with E-state index in [-0.39, 0.29) is 48.6 Å². The summed E-state index contributed by atoms with van der Waals surface area (Å²) >= 11 is 0. The average molecular weight is 891 g/mol. The molecule has 0 heterocycles. The van der Waals surface area contributed by atoms with E-state index in [2.05, 4.69) is 31.3 Å². The van der Waals surface area contributed by atoms with Gasteiger partial charge in [-0.05, 0) is 132 Å². The Bertz CT molecular complexity index is 2040. The second-order valence-electron chi connectivity index (χ2n) is 18.7. The van der Waals surface area contributed by atoms with Gasteiger partial charge in [-0.3, -0.25) is 9.59 Å². The molecule has 0 aromatic heterocycles. The molecule has 14 heteroatoms. The van der Waals surface area contributed by atoms with Crippen LogP contribution in [0.4, 0.5) is 0 Å². The van der Waals surface area contributed by atoms with Gasteiger partial charge in [0.05, 0.1) is 60.3 Å². The first-order valence-electron chi connectivity index (χ1n) is 21.5. The third-order valence-corrected chi connectivity index (χ3v) is 11.4. The summed E-state index contributed by atoms with van der Waals surface area (Å²) in [6.45, 7) is 20.1. The minimum Gasteiger partial charge on any atom is -0.497 e. The van der Waals surface area contributed by atoms with Crippen molar-refractivity contribution in [2.45, 2.75) is 123 Å². The highest BCUT2D eigenvalue weighted by atomic mass is 32.2. The molecular weight excluding hydrogens is 821 g/mol. The molecule has 4 atom stereocenters. The molecule has 3 aromatic rings. The highest BCUT2D eigenvalue weighted by molar-refractivity contribution is 7.89. The number of nitrogens with zero attached hydrogens (tertiary/aromatic N) is 3. The first-order chi connectivity index (χ1) is 29.3. The Labute approximate surface area is 376 Å². The molecule has 3 rings (SSSR count). The topological polar surface area (TPSA) is 199 Å². The van der Waals surface area contributed by atoms with Gasteiger partial charge in [-0.2, -0.15) is 14.8 Å². The maximum absolute atomic E-state index is 13.5. The van der Waals surface area contributed by atoms with Crippen LogP contribution in [0, 0.1) is 46.3 Å². The number of rotatable bonds is 21. The second kappa shape index (κ2) is 25.5. The number of aliphatic hydroxyl groups excluding tert-OH is 2. The largest absolute Gasteiger partial charge is 0.497 e. The molecule has 0 fully saturated rings. The number of aliphatic hydroxyl groups is 2. The Morgan fingerprint density at radius 2 is 1.10 bits per heavy atom. The van der Waals surface area contributed by atoms with Crippen molar-refractivity contribution in [1.82, 2.24) is 9.62 Å². The van der Waals surface area contributed by atoms with E-state index in [1.807, 2.05) is 46.8 Å². The number of methoxy groups -OCH3 is 1. The number of hydrogen-bond donors (Lipinski definition) is 3. The number of carbonyl (C=O) groups excluding carboxylic acids is 2. The first kappa shape index (κ1) is 54.3. The van der Waals surface area contributed by atoms with Gasteiger partial charge in [0.2, 0.25) is 10.0 Å². The molecule has 0 spiro atoms. The second-order valence-corrected chi connectivity index (χ2v) is 20.6. The van der Waals surface area contributed by atoms with Crippen molar-refractivity contribution >= 4 is 22.0 Å². The summed E-state index contributed by atoms with van der Waals surface area (Å²) in [5.74, 6) is -0.610. The van der Waals surface area contributed by atoms with Gasteiger partial charge in [0, 0.05) is 31.5 Å². The number of ether oxygens (including phenoxy) is 3. The summed E-state index contributed by atoms with van der Waals surface area (Å²) in [7, 11) is -2.42. The smallest absolute Gasteiger partial charge is 0.306 e. The van der Waals surface area contributed by atoms with Crippen molar-refractivity contribution in [3.8, 4) is 17.9 Å². The molecule has 0 aliphatic rings. The first-order valence-corrected chi connectivity index (χ1v) is 22.9. The van der Waals surface area contributed by atoms with E-state index in [1.54, 1.807) is 69.3 Å². The Morgan fingerprint density at radius 3 is 1.46 bits per heavy atom. The molecular formula is C49H70N4O9S. The van der Waals surface area contributed by atoms with Gasteiger partial charge in [-0.25, -0.2) is 8.42 Å². The lowest BCUT2D eigenvalue weighted by molar-refractivity contribution is -0.158. The van der Waals surface area contributed by atoms with Crippen molar-refractivity contribution in [3.05, 3.63) is 95.1 Å². The third kappa shape index (κ3) is 20.9. The summed E-state index contributed by atoms with van der Waals surface area (Å²) in [6, 6.07) is 24.4. The van der Waals surface area contributed by atoms with Crippen molar-refractivity contribution in [3.63, 3.8) is 0 Å². The number of hydrogen-bond acceptors (Lipinski definition) is 12. The molecule has 0 radical (unpaired) electrons. The summed E-state index contributed by atoms with van der Waals surface area (Å²) in [4.78, 5) is 25.0. The molecule has 13 nitrogen and oxygen atoms in total. The van der Waals surface area contributed by atoms with Crippen LogP contribution < -0.4 is 10.1 Å². The van der Waals surface area contributed by atoms with Gasteiger partial charge in [0.1, 0.15) is 17.0 Å². The molecule has 0 bridgehead atoms. The quantitative estimate of drug-likeness (QED) is 0.0909. The lowest BCUT2D eigenvalue weighted by atomic mass is 9.90. The van der Waals surface area contributed by atoms with Crippen LogP contribution in [0.25, 0.3) is 0 Å². The van der Waals surface area contributed by atoms with Crippen LogP contribution in [0.15, 0.2) is 77.7 Å². The van der Waals surface area contributed by atoms with Crippen LogP contribution in [0.5, 0.6) is 5.75 Å². The standard InChI is InChI=1S/C28H38N2O6S.C21H32N2O3/c1-20(2)18-30(37(33,34)25-13-11-24(35-6)12-14-25)19-26(31)23(16-27(32)36-28(3,4)5)15-21-7-9-22(17-29)10-8-21;1-15(2)13-23-14-19(24)18(11-20(25)26-21(3,4)5)10-16-6-8-17(12-22)9-7-16/h7-14,20,23,26,31H,15-16,18-19H2,1-6H3;6-9,15,18-19,23-24H,10-11,13-14H2,1-5H3/t23-,26-;18-,19-/m11/s1. The van der Waals surface area contributed by atoms with Gasteiger partial charge < -0.3 is 29.7 Å². The zero-order chi connectivity index (χ0) is 47.5. The van der Waals surface area contributed by atoms with E-state index in [0.717, 1.165) is 17.7 Å². The Morgan fingerprint density at radius 1 is 0.667 bits per heavy atom. The molecule has 0 saturated carbocycles. The van der Waals surface area contributed by atoms with E-state index >= 15 is 0 Å². The van der Waals surface area contributed by atoms with E-state index < -0.39 is 45.3 Å². The molecule has 0 unspecified atom stereocenters. The molecule has 3 N–H and O–H groups in total. The molecule has 0 amide bonds. The maximum atomic E-state index is 13.5. The molecule has 0 saturated heterocycles. The highest BCUT2D eigenvalue weighted by Crippen LogP contribution is 2.26. The predicted molar refractivity (Wildman–Crippen MR) is 244 cm³/mol. The molecule has 0 aliphatic carbocycles. The average Bonchev–Trinajstić information content (AvgIpc) is 3.19. The maximum Gasteiger partial charge on any atom is 0.306 e. The van der Waals surface area contributed by atoms with Crippen molar-refractivity contribution in [2.75, 3.05) is 33.3 Å². The van der Waals surface area contributed by atoms with Crippen LogP contribution in [0.2, 0.25) is 0 Å². The number of esters is 2. The monoisotopic (exact) mass is 890 g/mol. The van der Waals surface area contributed by atoms with Gasteiger partial charge in [-0.1, -0.05) is 52.0 Å². The number of benzene rings is 3. The Hall–Kier alpha value is -4.83. The van der Waals surface area contributed by atoms with E-state index in [1.165, 1.54) is 23.5 Å². The van der Waals surface area contributed by atoms with Crippen LogP contribution in [-0.4, -0.2) is 91.6 Å². The van der Waals surface area contributed by atoms with Gasteiger partial charge >= 0.3 is 11.9 Å². The zero-order valence-electron chi connectivity index (χ0n) is 39.1. The van der Waals surface area contributed by atoms with Crippen molar-refractivity contribution < 1.29 is 42.4 Å². The summed E-state index contributed by atoms with van der Waals surface area (Å²) in [6.07, 6.45) is -0.871. The predicted octanol–water partition coefficient (Wildman–Crippen LogP) is 7.22. The third-order valence-electron chi connectivity index (χ3n) is 9.51. The number of nitriles is 2. The van der Waals surface area contributed by atoms with Gasteiger partial charge in [-0.15, -0.1) is 0 Å². The summed E-state index contributed by atoms with van der Waals surface area (Å²) in [5.41, 5.74) is 1.66. The van der Waals surface area contributed by atoms with Crippen LogP contribution in [0.1, 0.15) is 104 Å². The Balaban J connectivity index is 0.000000462. The zero-order valence-corrected chi connectivity index (χ0v) is 39.9. The summed E-state index contributed by atoms with van der Waals surface area (Å²) < 4.78 is 44.3. The SMILES string of the molecule is CC(C)CNC[C@@H](O)[C@@H](CC(=O)OC(C)(C)C)Cc1ccc(C#N)cc1.COc1ccc(S(=O)(=O)N(CC(C)C)C[C@@H](O)[C@@H](CC(=O)OC(C)(C)C)Cc2ccc(C#N)cc2)cc1. The number of carbonyl (C=O) groups is 2. The lowest BCUT2D eigenvalue weighted by Gasteiger charge is -2.30. The number of nitrogens with one attached hydrogen (secondary N) is 1. The molecule has 3 aromatic carbocycles. The van der Waals surface area contributed by atoms with Gasteiger partial charge in [0.25, 0.3) is 0 Å². The fourth-order valence-electron chi connectivity index (χ4n) is 6.54. The fraction of sp³-hybridized carbons (Fsp3) is 0.551. The minimum absolute atomic E-state index is 0.00283. The molecule has 63 heavy (non-hydrogen) atoms. The van der Waals surface area contributed by atoms with Crippen LogP contribution in [0.3, 0.4) is 0 Å². The van der Waals surface area contributed by atoms with Gasteiger partial charge in [0.15, 0.2) is 0 Å². The molecule has 0 aliphatic heterocycles. The van der Waals surface area contributed by atoms with E-state index in [0.29, 0.717) is 42.2 Å². The highest BCUT2D eigenvalue weighted by Gasteiger charge is 2.33.